The fraction of sp³-hybridized carbons (Fsp3) is 1.00. The summed E-state index contributed by atoms with van der Waals surface area (Å²) in [7, 11) is 0. The van der Waals surface area contributed by atoms with Crippen LogP contribution in [0.5, 0.6) is 0 Å². The van der Waals surface area contributed by atoms with Crippen LogP contribution in [0.4, 0.5) is 0 Å². The van der Waals surface area contributed by atoms with Crippen molar-refractivity contribution in [3.8, 4) is 0 Å². The lowest BCUT2D eigenvalue weighted by atomic mass is 9.43. The molecule has 7 rings (SSSR count). The molecule has 2 heteroatoms. The summed E-state index contributed by atoms with van der Waals surface area (Å²) < 4.78 is 0. The van der Waals surface area contributed by atoms with Crippen molar-refractivity contribution in [2.24, 2.45) is 57.6 Å². The van der Waals surface area contributed by atoms with Crippen LogP contribution in [0.3, 0.4) is 0 Å². The van der Waals surface area contributed by atoms with Crippen molar-refractivity contribution >= 4 is 0 Å². The van der Waals surface area contributed by atoms with Crippen molar-refractivity contribution in [1.29, 1.82) is 0 Å². The summed E-state index contributed by atoms with van der Waals surface area (Å²) in [5, 5.41) is 10.5. The summed E-state index contributed by atoms with van der Waals surface area (Å²) >= 11 is 0. The third-order valence-corrected chi connectivity index (χ3v) is 9.70. The highest BCUT2D eigenvalue weighted by Crippen LogP contribution is 2.77. The summed E-state index contributed by atoms with van der Waals surface area (Å²) in [6.45, 7) is 4.88. The van der Waals surface area contributed by atoms with Gasteiger partial charge in [0.25, 0.3) is 0 Å². The Labute approximate surface area is 134 Å². The molecule has 22 heavy (non-hydrogen) atoms. The lowest BCUT2D eigenvalue weighted by Crippen LogP contribution is -2.69. The van der Waals surface area contributed by atoms with Crippen LogP contribution in [-0.4, -0.2) is 11.1 Å². The number of fused-ring (bicyclic) bond motifs is 4. The largest absolute Gasteiger partial charge is 0.186 e. The smallest absolute Gasteiger partial charge is 0.0882 e. The van der Waals surface area contributed by atoms with Crippen LogP contribution in [0.2, 0.25) is 0 Å². The molecule has 7 aliphatic rings. The number of azo groups is 1. The first kappa shape index (κ1) is 13.0. The van der Waals surface area contributed by atoms with Gasteiger partial charge in [0, 0.05) is 0 Å². The molecule has 2 unspecified atom stereocenters. The molecule has 10 atom stereocenters. The predicted molar refractivity (Wildman–Crippen MR) is 86.5 cm³/mol. The summed E-state index contributed by atoms with van der Waals surface area (Å²) in [5.41, 5.74) is 0.540. The lowest BCUT2D eigenvalue weighted by molar-refractivity contribution is -0.135. The molecule has 120 valence electrons. The van der Waals surface area contributed by atoms with Crippen LogP contribution in [0.1, 0.15) is 65.2 Å². The highest BCUT2D eigenvalue weighted by atomic mass is 15.3. The summed E-state index contributed by atoms with van der Waals surface area (Å²) in [4.78, 5) is 0. The van der Waals surface area contributed by atoms with Crippen LogP contribution in [0.25, 0.3) is 0 Å². The van der Waals surface area contributed by atoms with Gasteiger partial charge in [0.15, 0.2) is 0 Å². The molecule has 0 N–H and O–H groups in total. The molecule has 0 aromatic heterocycles. The van der Waals surface area contributed by atoms with Gasteiger partial charge in [-0.3, -0.25) is 0 Å². The van der Waals surface area contributed by atoms with Crippen molar-refractivity contribution in [2.45, 2.75) is 76.3 Å². The molecule has 0 aromatic rings. The Morgan fingerprint density at radius 1 is 0.636 bits per heavy atom. The highest BCUT2D eigenvalue weighted by Gasteiger charge is 2.77. The van der Waals surface area contributed by atoms with E-state index < -0.39 is 0 Å². The maximum Gasteiger partial charge on any atom is 0.0882 e. The zero-order chi connectivity index (χ0) is 14.7. The van der Waals surface area contributed by atoms with Gasteiger partial charge in [-0.1, -0.05) is 13.8 Å². The third kappa shape index (κ3) is 1.10. The molecular weight excluding hydrogens is 268 g/mol. The monoisotopic (exact) mass is 298 g/mol. The number of hydrogen-bond acceptors (Lipinski definition) is 2. The van der Waals surface area contributed by atoms with Crippen LogP contribution in [-0.2, 0) is 0 Å². The highest BCUT2D eigenvalue weighted by molar-refractivity contribution is 5.29. The van der Waals surface area contributed by atoms with E-state index in [-0.39, 0.29) is 11.1 Å². The van der Waals surface area contributed by atoms with E-state index in [1.165, 1.54) is 51.4 Å². The van der Waals surface area contributed by atoms with Crippen LogP contribution >= 0.6 is 0 Å². The Bertz CT molecular complexity index is 472. The number of nitrogens with zero attached hydrogens (tertiary/aromatic N) is 2. The van der Waals surface area contributed by atoms with Crippen molar-refractivity contribution in [3.63, 3.8) is 0 Å². The van der Waals surface area contributed by atoms with Crippen molar-refractivity contribution < 1.29 is 0 Å². The Hall–Kier alpha value is -0.400. The standard InChI is InChI=1S/C20H30N2/c1-3-19-15-11-5-7-13(9-11)17(15)20(4-2,22-21-19)18-14-8-6-12(10-14)16(18)19/h11-18H,3-10H2,1-2H3/t11-,12+,13+,14-,15+,16-,17-,18+,19?,20?. The molecule has 5 fully saturated rings. The van der Waals surface area contributed by atoms with Gasteiger partial charge >= 0.3 is 0 Å². The van der Waals surface area contributed by atoms with Crippen LogP contribution in [0, 0.1) is 47.3 Å². The topological polar surface area (TPSA) is 24.7 Å². The van der Waals surface area contributed by atoms with E-state index in [4.69, 9.17) is 10.2 Å². The third-order valence-electron chi connectivity index (χ3n) is 9.70. The van der Waals surface area contributed by atoms with E-state index in [2.05, 4.69) is 13.8 Å². The first-order valence-corrected chi connectivity index (χ1v) is 10.2. The van der Waals surface area contributed by atoms with Crippen LogP contribution in [0.15, 0.2) is 10.2 Å². The van der Waals surface area contributed by atoms with Crippen molar-refractivity contribution in [2.75, 3.05) is 0 Å². The van der Waals surface area contributed by atoms with E-state index in [0.717, 1.165) is 47.3 Å². The van der Waals surface area contributed by atoms with E-state index in [1.54, 1.807) is 0 Å². The molecule has 0 radical (unpaired) electrons. The molecular formula is C20H30N2. The SMILES string of the molecule is CCC12N=NC(CC)([C@@H]3[C@H]4CC[C@H](C4)[C@@H]31)[C@H]1[C@@H]3CC[C@@H](C3)[C@H]12. The zero-order valence-electron chi connectivity index (χ0n) is 14.2. The molecule has 2 nitrogen and oxygen atoms in total. The average molecular weight is 298 g/mol. The molecule has 5 saturated carbocycles. The average Bonchev–Trinajstić information content (AvgIpc) is 3.34. The van der Waals surface area contributed by atoms with Gasteiger partial charge in [0.05, 0.1) is 11.1 Å². The van der Waals surface area contributed by atoms with E-state index >= 15 is 0 Å². The maximum absolute atomic E-state index is 5.24. The minimum atomic E-state index is 0.270. The van der Waals surface area contributed by atoms with Crippen LogP contribution < -0.4 is 0 Å². The van der Waals surface area contributed by atoms with Gasteiger partial charge in [-0.25, -0.2) is 0 Å². The van der Waals surface area contributed by atoms with Crippen molar-refractivity contribution in [1.82, 2.24) is 0 Å². The Morgan fingerprint density at radius 2 is 0.955 bits per heavy atom. The second kappa shape index (κ2) is 3.81. The summed E-state index contributed by atoms with van der Waals surface area (Å²) in [5.74, 6) is 7.65. The van der Waals surface area contributed by atoms with Gasteiger partial charge in [0.2, 0.25) is 0 Å². The zero-order valence-corrected chi connectivity index (χ0v) is 14.2. The quantitative estimate of drug-likeness (QED) is 0.678. The second-order valence-corrected chi connectivity index (χ2v) is 9.66. The minimum absolute atomic E-state index is 0.270. The molecule has 2 aliphatic heterocycles. The van der Waals surface area contributed by atoms with E-state index in [0.29, 0.717) is 0 Å². The van der Waals surface area contributed by atoms with E-state index in [9.17, 15) is 0 Å². The Balaban J connectivity index is 1.60. The molecule has 6 bridgehead atoms. The minimum Gasteiger partial charge on any atom is -0.186 e. The lowest BCUT2D eigenvalue weighted by Gasteiger charge is -2.66. The summed E-state index contributed by atoms with van der Waals surface area (Å²) in [6.07, 6.45) is 11.6. The molecule has 0 amide bonds. The van der Waals surface area contributed by atoms with Gasteiger partial charge < -0.3 is 0 Å². The number of hydrogen-bond donors (Lipinski definition) is 0. The molecule has 5 aliphatic carbocycles. The predicted octanol–water partition coefficient (Wildman–Crippen LogP) is 5.09. The van der Waals surface area contributed by atoms with Gasteiger partial charge in [0.1, 0.15) is 0 Å². The fourth-order valence-corrected chi connectivity index (χ4v) is 9.44. The fourth-order valence-electron chi connectivity index (χ4n) is 9.44. The Kier molecular flexibility index (Phi) is 2.24. The van der Waals surface area contributed by atoms with Gasteiger partial charge in [-0.05, 0) is 98.7 Å². The Morgan fingerprint density at radius 3 is 1.23 bits per heavy atom. The molecule has 2 heterocycles. The molecule has 0 saturated heterocycles. The van der Waals surface area contributed by atoms with Crippen molar-refractivity contribution in [3.05, 3.63) is 0 Å². The second-order valence-electron chi connectivity index (χ2n) is 9.66. The first-order chi connectivity index (χ1) is 10.7. The normalized spacial score (nSPS) is 66.1. The molecule has 0 spiro atoms. The number of rotatable bonds is 2. The molecule has 0 aromatic carbocycles. The van der Waals surface area contributed by atoms with E-state index in [1.807, 2.05) is 0 Å². The maximum atomic E-state index is 5.24. The summed E-state index contributed by atoms with van der Waals surface area (Å²) in [6, 6.07) is 0. The van der Waals surface area contributed by atoms with Gasteiger partial charge in [-0.15, -0.1) is 0 Å². The van der Waals surface area contributed by atoms with Gasteiger partial charge in [-0.2, -0.15) is 10.2 Å². The first-order valence-electron chi connectivity index (χ1n) is 10.2.